The molecule has 0 bridgehead atoms. The summed E-state index contributed by atoms with van der Waals surface area (Å²) in [4.78, 5) is 2.91. The molecule has 0 aromatic heterocycles. The van der Waals surface area contributed by atoms with Gasteiger partial charge < -0.3 is 9.29 Å². The molecule has 6 nitrogen and oxygen atoms in total. The summed E-state index contributed by atoms with van der Waals surface area (Å²) in [5.74, 6) is -0.0673. The zero-order valence-corrected chi connectivity index (χ0v) is 9.22. The molecular weight excluding hydrogens is 244 g/mol. The lowest BCUT2D eigenvalue weighted by molar-refractivity contribution is 0.459. The summed E-state index contributed by atoms with van der Waals surface area (Å²) < 4.78 is 23.9. The molecule has 0 aliphatic heterocycles. The highest BCUT2D eigenvalue weighted by Crippen LogP contribution is 2.38. The van der Waals surface area contributed by atoms with Crippen LogP contribution in [0.3, 0.4) is 0 Å². The van der Waals surface area contributed by atoms with Crippen LogP contribution in [0.5, 0.6) is 11.5 Å². The van der Waals surface area contributed by atoms with E-state index >= 15 is 0 Å². The van der Waals surface area contributed by atoms with E-state index in [0.717, 1.165) is 0 Å². The number of rotatable bonds is 2. The molecule has 0 spiro atoms. The maximum atomic E-state index is 10.6. The second-order valence-corrected chi connectivity index (χ2v) is 3.79. The van der Waals surface area contributed by atoms with Gasteiger partial charge in [-0.25, -0.2) is 0 Å². The van der Waals surface area contributed by atoms with Crippen LogP contribution < -0.4 is 4.18 Å². The molecule has 0 saturated carbocycles. The summed E-state index contributed by atoms with van der Waals surface area (Å²) in [6.07, 6.45) is 0. The van der Waals surface area contributed by atoms with E-state index in [0.29, 0.717) is 10.8 Å². The highest BCUT2D eigenvalue weighted by Gasteiger charge is 2.18. The van der Waals surface area contributed by atoms with E-state index in [4.69, 9.17) is 9.95 Å². The van der Waals surface area contributed by atoms with Gasteiger partial charge in [-0.2, -0.15) is 4.21 Å². The fourth-order valence-electron chi connectivity index (χ4n) is 1.53. The van der Waals surface area contributed by atoms with Crippen molar-refractivity contribution < 1.29 is 18.1 Å². The van der Waals surface area contributed by atoms with Crippen LogP contribution in [-0.4, -0.2) is 13.9 Å². The maximum absolute atomic E-state index is 10.6. The molecule has 2 N–H and O–H groups in total. The van der Waals surface area contributed by atoms with E-state index in [-0.39, 0.29) is 17.2 Å². The fourth-order valence-corrected chi connectivity index (χ4v) is 1.83. The van der Waals surface area contributed by atoms with E-state index < -0.39 is 11.4 Å². The van der Waals surface area contributed by atoms with Gasteiger partial charge in [-0.1, -0.05) is 12.1 Å². The lowest BCUT2D eigenvalue weighted by Crippen LogP contribution is -1.97. The second-order valence-electron chi connectivity index (χ2n) is 3.19. The molecule has 0 saturated heterocycles. The van der Waals surface area contributed by atoms with Crippen LogP contribution in [0.4, 0.5) is 5.69 Å². The Kier molecular flexibility index (Phi) is 2.91. The van der Waals surface area contributed by atoms with Crippen LogP contribution in [0.1, 0.15) is 0 Å². The van der Waals surface area contributed by atoms with Crippen molar-refractivity contribution in [2.45, 2.75) is 0 Å². The third-order valence-electron chi connectivity index (χ3n) is 2.24. The highest BCUT2D eigenvalue weighted by atomic mass is 32.2. The molecule has 0 radical (unpaired) electrons. The molecule has 0 amide bonds. The zero-order valence-electron chi connectivity index (χ0n) is 8.40. The normalized spacial score (nSPS) is 12.0. The van der Waals surface area contributed by atoms with Crippen LogP contribution in [0.15, 0.2) is 30.3 Å². The summed E-state index contributed by atoms with van der Waals surface area (Å²) in [5, 5.41) is 19.2. The molecule has 0 heterocycles. The van der Waals surface area contributed by atoms with Crippen molar-refractivity contribution in [3.05, 3.63) is 35.3 Å². The number of phenolic OH excluding ortho intramolecular Hbond substituents is 1. The molecule has 86 valence electrons. The van der Waals surface area contributed by atoms with E-state index in [1.54, 1.807) is 12.1 Å². The van der Waals surface area contributed by atoms with Gasteiger partial charge in [0.05, 0.1) is 0 Å². The first-order chi connectivity index (χ1) is 8.13. The summed E-state index contributed by atoms with van der Waals surface area (Å²) >= 11 is -2.44. The molecule has 0 fully saturated rings. The lowest BCUT2D eigenvalue weighted by Gasteiger charge is -2.04. The van der Waals surface area contributed by atoms with E-state index in [1.165, 1.54) is 18.2 Å². The minimum absolute atomic E-state index is 0.0137. The molecule has 7 heteroatoms. The fraction of sp³-hybridized carbons (Fsp3) is 0. The van der Waals surface area contributed by atoms with Crippen LogP contribution >= 0.6 is 0 Å². The Labute approximate surface area is 98.6 Å². The smallest absolute Gasteiger partial charge is 0.426 e. The minimum Gasteiger partial charge on any atom is -0.501 e. The van der Waals surface area contributed by atoms with Crippen molar-refractivity contribution in [3.8, 4) is 11.5 Å². The van der Waals surface area contributed by atoms with Gasteiger partial charge in [-0.15, -0.1) is 0 Å². The summed E-state index contributed by atoms with van der Waals surface area (Å²) in [5.41, 5.74) is 0.0137. The van der Waals surface area contributed by atoms with Gasteiger partial charge in [0.1, 0.15) is 0 Å². The Hall–Kier alpha value is -2.17. The number of phenols is 1. The monoisotopic (exact) mass is 251 g/mol. The predicted octanol–water partition coefficient (Wildman–Crippen LogP) is 2.55. The van der Waals surface area contributed by atoms with Crippen molar-refractivity contribution in [2.75, 3.05) is 0 Å². The molecule has 2 aromatic rings. The van der Waals surface area contributed by atoms with Crippen LogP contribution in [-0.2, 0) is 11.4 Å². The minimum atomic E-state index is -2.44. The lowest BCUT2D eigenvalue weighted by atomic mass is 10.1. The van der Waals surface area contributed by atoms with Crippen molar-refractivity contribution in [3.63, 3.8) is 0 Å². The third kappa shape index (κ3) is 2.04. The first-order valence-corrected chi connectivity index (χ1v) is 5.55. The first-order valence-electron chi connectivity index (χ1n) is 4.52. The largest absolute Gasteiger partial charge is 0.501 e. The van der Waals surface area contributed by atoms with Crippen molar-refractivity contribution in [2.24, 2.45) is 0 Å². The average Bonchev–Trinajstić information content (AvgIpc) is 2.30. The van der Waals surface area contributed by atoms with E-state index in [1.807, 2.05) is 0 Å². The predicted molar refractivity (Wildman–Crippen MR) is 61.8 cm³/mol. The van der Waals surface area contributed by atoms with E-state index in [9.17, 15) is 9.32 Å². The van der Waals surface area contributed by atoms with Crippen molar-refractivity contribution in [1.29, 1.82) is 5.39 Å². The van der Waals surface area contributed by atoms with Crippen molar-refractivity contribution >= 4 is 27.8 Å². The van der Waals surface area contributed by atoms with Gasteiger partial charge >= 0.3 is 17.0 Å². The number of benzene rings is 2. The molecule has 0 aliphatic carbocycles. The maximum Gasteiger partial charge on any atom is 0.426 e. The topological polar surface area (TPSA) is 94.9 Å². The molecule has 2 aromatic carbocycles. The van der Waals surface area contributed by atoms with Gasteiger partial charge in [-0.3, -0.25) is 4.55 Å². The third-order valence-corrected chi connectivity index (χ3v) is 2.56. The number of aromatic hydroxyl groups is 1. The van der Waals surface area contributed by atoms with Crippen LogP contribution in [0.2, 0.25) is 0 Å². The summed E-state index contributed by atoms with van der Waals surface area (Å²) in [6.45, 7) is 0. The van der Waals surface area contributed by atoms with E-state index in [2.05, 4.69) is 9.16 Å². The Bertz CT molecular complexity index is 651. The molecule has 0 aliphatic rings. The zero-order chi connectivity index (χ0) is 12.4. The van der Waals surface area contributed by atoms with Gasteiger partial charge in [-0.05, 0) is 12.1 Å². The standard InChI is InChI=1S/C10H6N2O4S/c11-12-8-5-4-6-7(10(8)13)2-1-3-9(6)16-17(14)15/h1-5H,(H-,13,14,15)/p+1. The average molecular weight is 251 g/mol. The van der Waals surface area contributed by atoms with Gasteiger partial charge in [0.2, 0.25) is 11.1 Å². The Morgan fingerprint density at radius 3 is 2.65 bits per heavy atom. The Balaban J connectivity index is 2.71. The summed E-state index contributed by atoms with van der Waals surface area (Å²) in [7, 11) is 0. The SMILES string of the molecule is N#[N+]c1ccc2c(OS(=O)O)cccc2c1O. The van der Waals surface area contributed by atoms with Crippen LogP contribution in [0, 0.1) is 5.39 Å². The highest BCUT2D eigenvalue weighted by molar-refractivity contribution is 7.74. The van der Waals surface area contributed by atoms with Crippen molar-refractivity contribution in [1.82, 2.24) is 0 Å². The molecular formula is C10H7N2O4S+. The number of nitrogens with zero attached hydrogens (tertiary/aromatic N) is 2. The number of hydrogen-bond donors (Lipinski definition) is 2. The van der Waals surface area contributed by atoms with Gasteiger partial charge in [0.15, 0.2) is 10.7 Å². The molecule has 17 heavy (non-hydrogen) atoms. The first kappa shape index (κ1) is 11.3. The van der Waals surface area contributed by atoms with Gasteiger partial charge in [0.25, 0.3) is 0 Å². The molecule has 1 atom stereocenters. The summed E-state index contributed by atoms with van der Waals surface area (Å²) in [6, 6.07) is 7.50. The number of diazo groups is 1. The molecule has 1 unspecified atom stereocenters. The number of fused-ring (bicyclic) bond motifs is 1. The Morgan fingerprint density at radius 1 is 1.24 bits per heavy atom. The van der Waals surface area contributed by atoms with Crippen LogP contribution in [0.25, 0.3) is 15.7 Å². The van der Waals surface area contributed by atoms with Gasteiger partial charge in [0, 0.05) is 16.8 Å². The Morgan fingerprint density at radius 2 is 2.00 bits per heavy atom. The second kappa shape index (κ2) is 4.37. The number of hydrogen-bond acceptors (Lipinski definition) is 4. The quantitative estimate of drug-likeness (QED) is 0.631. The molecule has 2 rings (SSSR count).